The van der Waals surface area contributed by atoms with Gasteiger partial charge in [-0.25, -0.2) is 9.37 Å². The third-order valence-corrected chi connectivity index (χ3v) is 4.34. The van der Waals surface area contributed by atoms with Gasteiger partial charge < -0.3 is 15.8 Å². The predicted molar refractivity (Wildman–Crippen MR) is 104 cm³/mol. The van der Waals surface area contributed by atoms with E-state index in [2.05, 4.69) is 10.3 Å². The summed E-state index contributed by atoms with van der Waals surface area (Å²) < 4.78 is 18.4. The van der Waals surface area contributed by atoms with Gasteiger partial charge in [0.1, 0.15) is 11.6 Å². The van der Waals surface area contributed by atoms with Crippen molar-refractivity contribution in [1.82, 2.24) is 4.98 Å². The van der Waals surface area contributed by atoms with Crippen LogP contribution in [0.3, 0.4) is 0 Å². The molecule has 26 heavy (non-hydrogen) atoms. The van der Waals surface area contributed by atoms with E-state index in [4.69, 9.17) is 10.5 Å². The molecule has 8 heteroatoms. The Labute approximate surface area is 164 Å². The van der Waals surface area contributed by atoms with Gasteiger partial charge in [-0.2, -0.15) is 0 Å². The maximum atomic E-state index is 12.9. The fourth-order valence-electron chi connectivity index (χ4n) is 3.04. The van der Waals surface area contributed by atoms with Crippen LogP contribution in [-0.4, -0.2) is 17.4 Å². The number of hydrogen-bond donors (Lipinski definition) is 2. The number of anilines is 1. The Morgan fingerprint density at radius 2 is 1.92 bits per heavy atom. The van der Waals surface area contributed by atoms with Crippen LogP contribution in [0.5, 0.6) is 11.6 Å². The van der Waals surface area contributed by atoms with Crippen LogP contribution in [0.25, 0.3) is 0 Å². The smallest absolute Gasteiger partial charge is 0.227 e. The Kier molecular flexibility index (Phi) is 8.78. The minimum Gasteiger partial charge on any atom is -0.439 e. The van der Waals surface area contributed by atoms with E-state index in [1.807, 2.05) is 0 Å². The highest BCUT2D eigenvalue weighted by molar-refractivity contribution is 5.92. The van der Waals surface area contributed by atoms with Gasteiger partial charge in [0, 0.05) is 12.0 Å². The van der Waals surface area contributed by atoms with E-state index in [9.17, 15) is 9.18 Å². The Morgan fingerprint density at radius 3 is 2.54 bits per heavy atom. The molecule has 0 unspecified atom stereocenters. The van der Waals surface area contributed by atoms with E-state index in [1.54, 1.807) is 18.3 Å². The van der Waals surface area contributed by atoms with Crippen molar-refractivity contribution in [3.05, 3.63) is 48.4 Å². The number of amides is 1. The average molecular weight is 402 g/mol. The summed E-state index contributed by atoms with van der Waals surface area (Å²) in [6.07, 6.45) is 4.48. The third-order valence-electron chi connectivity index (χ3n) is 4.34. The highest BCUT2D eigenvalue weighted by atomic mass is 35.5. The summed E-state index contributed by atoms with van der Waals surface area (Å²) in [6.45, 7) is 0.542. The quantitative estimate of drug-likeness (QED) is 0.787. The molecule has 3 N–H and O–H groups in total. The van der Waals surface area contributed by atoms with Crippen molar-refractivity contribution < 1.29 is 13.9 Å². The predicted octanol–water partition coefficient (Wildman–Crippen LogP) is 4.17. The van der Waals surface area contributed by atoms with E-state index in [1.165, 1.54) is 24.3 Å². The minimum atomic E-state index is -0.323. The minimum absolute atomic E-state index is 0. The second-order valence-electron chi connectivity index (χ2n) is 5.96. The number of halogens is 3. The van der Waals surface area contributed by atoms with Gasteiger partial charge >= 0.3 is 0 Å². The summed E-state index contributed by atoms with van der Waals surface area (Å²) in [4.78, 5) is 16.5. The maximum absolute atomic E-state index is 12.9. The second kappa shape index (κ2) is 10.3. The van der Waals surface area contributed by atoms with E-state index in [0.717, 1.165) is 19.3 Å². The Hall–Kier alpha value is -1.89. The van der Waals surface area contributed by atoms with Gasteiger partial charge in [0.2, 0.25) is 11.8 Å². The third kappa shape index (κ3) is 5.56. The summed E-state index contributed by atoms with van der Waals surface area (Å²) in [5.41, 5.74) is 6.35. The number of aromatic nitrogens is 1. The van der Waals surface area contributed by atoms with E-state index in [-0.39, 0.29) is 48.4 Å². The molecule has 2 aromatic rings. The average Bonchev–Trinajstić information content (AvgIpc) is 3.07. The number of hydrogen-bond acceptors (Lipinski definition) is 4. The fraction of sp³-hybridized carbons (Fsp3) is 0.333. The molecule has 1 aliphatic rings. The molecule has 0 aliphatic heterocycles. The zero-order chi connectivity index (χ0) is 16.9. The highest BCUT2D eigenvalue weighted by Crippen LogP contribution is 2.32. The Balaban J connectivity index is 0.00000169. The van der Waals surface area contributed by atoms with Gasteiger partial charge in [-0.05, 0) is 55.6 Å². The standard InChI is InChI=1S/C18H20FN3O2.2ClH/c19-13-4-7-15(8-5-13)24-17-9-6-14(11-21-17)22-18(23)16-3-1-2-12(16)10-20;;/h4-9,11-12,16H,1-3,10,20H2,(H,22,23);2*1H/t12-,16-;;/m1../s1. The zero-order valence-electron chi connectivity index (χ0n) is 14.1. The van der Waals surface area contributed by atoms with Crippen molar-refractivity contribution in [3.8, 4) is 11.6 Å². The summed E-state index contributed by atoms with van der Waals surface area (Å²) >= 11 is 0. The Bertz CT molecular complexity index is 699. The number of nitrogens with two attached hydrogens (primary N) is 1. The highest BCUT2D eigenvalue weighted by Gasteiger charge is 2.31. The fourth-order valence-corrected chi connectivity index (χ4v) is 3.04. The molecular formula is C18H22Cl2FN3O2. The van der Waals surface area contributed by atoms with E-state index in [0.29, 0.717) is 23.9 Å². The zero-order valence-corrected chi connectivity index (χ0v) is 15.7. The molecule has 1 aromatic carbocycles. The molecule has 0 bridgehead atoms. The molecule has 1 heterocycles. The van der Waals surface area contributed by atoms with Crippen LogP contribution in [0.2, 0.25) is 0 Å². The lowest BCUT2D eigenvalue weighted by atomic mass is 9.95. The normalized spacial score (nSPS) is 18.4. The van der Waals surface area contributed by atoms with Crippen LogP contribution in [0, 0.1) is 17.7 Å². The van der Waals surface area contributed by atoms with Crippen LogP contribution in [-0.2, 0) is 4.79 Å². The molecular weight excluding hydrogens is 380 g/mol. The van der Waals surface area contributed by atoms with Crippen LogP contribution in [0.15, 0.2) is 42.6 Å². The summed E-state index contributed by atoms with van der Waals surface area (Å²) in [6, 6.07) is 9.09. The number of pyridine rings is 1. The number of ether oxygens (including phenoxy) is 1. The van der Waals surface area contributed by atoms with E-state index < -0.39 is 0 Å². The van der Waals surface area contributed by atoms with Crippen LogP contribution in [0.4, 0.5) is 10.1 Å². The van der Waals surface area contributed by atoms with Crippen LogP contribution >= 0.6 is 24.8 Å². The lowest BCUT2D eigenvalue weighted by Gasteiger charge is -2.17. The lowest BCUT2D eigenvalue weighted by molar-refractivity contribution is -0.120. The maximum Gasteiger partial charge on any atom is 0.227 e. The number of carbonyl (C=O) groups is 1. The molecule has 1 aromatic heterocycles. The SMILES string of the molecule is Cl.Cl.NC[C@H]1CCC[C@H]1C(=O)Nc1ccc(Oc2ccc(F)cc2)nc1. The van der Waals surface area contributed by atoms with Crippen molar-refractivity contribution in [1.29, 1.82) is 0 Å². The number of benzene rings is 1. The molecule has 2 atom stereocenters. The number of carbonyl (C=O) groups excluding carboxylic acids is 1. The Morgan fingerprint density at radius 1 is 1.19 bits per heavy atom. The molecule has 142 valence electrons. The number of rotatable bonds is 5. The van der Waals surface area contributed by atoms with Gasteiger partial charge in [-0.1, -0.05) is 6.42 Å². The summed E-state index contributed by atoms with van der Waals surface area (Å²) in [7, 11) is 0. The van der Waals surface area contributed by atoms with Gasteiger partial charge in [0.05, 0.1) is 11.9 Å². The first-order valence-electron chi connectivity index (χ1n) is 8.06. The lowest BCUT2D eigenvalue weighted by Crippen LogP contribution is -2.29. The van der Waals surface area contributed by atoms with Crippen LogP contribution < -0.4 is 15.8 Å². The van der Waals surface area contributed by atoms with Gasteiger partial charge in [0.25, 0.3) is 0 Å². The molecule has 0 spiro atoms. The molecule has 0 radical (unpaired) electrons. The van der Waals surface area contributed by atoms with Crippen molar-refractivity contribution in [2.75, 3.05) is 11.9 Å². The van der Waals surface area contributed by atoms with Gasteiger partial charge in [-0.15, -0.1) is 24.8 Å². The molecule has 1 amide bonds. The van der Waals surface area contributed by atoms with Crippen molar-refractivity contribution in [2.45, 2.75) is 19.3 Å². The molecule has 3 rings (SSSR count). The molecule has 1 saturated carbocycles. The summed E-state index contributed by atoms with van der Waals surface area (Å²) in [5.74, 6) is 0.787. The first-order valence-corrected chi connectivity index (χ1v) is 8.06. The van der Waals surface area contributed by atoms with Crippen molar-refractivity contribution in [2.24, 2.45) is 17.6 Å². The van der Waals surface area contributed by atoms with E-state index >= 15 is 0 Å². The summed E-state index contributed by atoms with van der Waals surface area (Å²) in [5, 5.41) is 2.88. The number of nitrogens with one attached hydrogen (secondary N) is 1. The van der Waals surface area contributed by atoms with Gasteiger partial charge in [0.15, 0.2) is 0 Å². The molecule has 0 saturated heterocycles. The molecule has 5 nitrogen and oxygen atoms in total. The largest absolute Gasteiger partial charge is 0.439 e. The first kappa shape index (κ1) is 22.2. The topological polar surface area (TPSA) is 77.2 Å². The van der Waals surface area contributed by atoms with Crippen molar-refractivity contribution in [3.63, 3.8) is 0 Å². The monoisotopic (exact) mass is 401 g/mol. The van der Waals surface area contributed by atoms with Crippen LogP contribution in [0.1, 0.15) is 19.3 Å². The number of nitrogens with zero attached hydrogens (tertiary/aromatic N) is 1. The first-order chi connectivity index (χ1) is 11.7. The van der Waals surface area contributed by atoms with Crippen molar-refractivity contribution >= 4 is 36.4 Å². The molecule has 1 aliphatic carbocycles. The van der Waals surface area contributed by atoms with Gasteiger partial charge in [-0.3, -0.25) is 4.79 Å². The molecule has 1 fully saturated rings. The second-order valence-corrected chi connectivity index (χ2v) is 5.96.